The van der Waals surface area contributed by atoms with E-state index in [0.717, 1.165) is 19.4 Å². The number of halogens is 1. The number of carbonyl (C=O) groups excluding carboxylic acids is 2. The lowest BCUT2D eigenvalue weighted by atomic mass is 10.2. The summed E-state index contributed by atoms with van der Waals surface area (Å²) in [5.41, 5.74) is 5.01. The van der Waals surface area contributed by atoms with Gasteiger partial charge in [-0.3, -0.25) is 20.4 Å². The zero-order valence-electron chi connectivity index (χ0n) is 15.2. The Bertz CT molecular complexity index is 806. The summed E-state index contributed by atoms with van der Waals surface area (Å²) in [5.74, 6) is 0.0926. The molecular formula is C20H21ClN2O5. The third kappa shape index (κ3) is 5.87. The Morgan fingerprint density at radius 2 is 1.86 bits per heavy atom. The lowest BCUT2D eigenvalue weighted by molar-refractivity contribution is -0.123. The molecule has 0 radical (unpaired) electrons. The highest BCUT2D eigenvalue weighted by Gasteiger charge is 2.16. The first-order valence-electron chi connectivity index (χ1n) is 8.93. The first-order chi connectivity index (χ1) is 13.6. The first kappa shape index (κ1) is 20.0. The van der Waals surface area contributed by atoms with Crippen LogP contribution in [0.2, 0.25) is 5.02 Å². The number of amides is 2. The second-order valence-electron chi connectivity index (χ2n) is 6.19. The lowest BCUT2D eigenvalue weighted by Crippen LogP contribution is -2.43. The van der Waals surface area contributed by atoms with Crippen molar-refractivity contribution in [3.63, 3.8) is 0 Å². The van der Waals surface area contributed by atoms with E-state index in [4.69, 9.17) is 25.8 Å². The third-order valence-electron chi connectivity index (χ3n) is 4.09. The van der Waals surface area contributed by atoms with Crippen LogP contribution in [0.25, 0.3) is 0 Å². The molecule has 0 aromatic heterocycles. The van der Waals surface area contributed by atoms with Crippen LogP contribution in [0, 0.1) is 0 Å². The van der Waals surface area contributed by atoms with Crippen LogP contribution in [0.15, 0.2) is 48.5 Å². The topological polar surface area (TPSA) is 85.9 Å². The van der Waals surface area contributed by atoms with Gasteiger partial charge in [0.15, 0.2) is 6.61 Å². The fourth-order valence-electron chi connectivity index (χ4n) is 2.61. The predicted molar refractivity (Wildman–Crippen MR) is 103 cm³/mol. The molecule has 0 saturated carbocycles. The van der Waals surface area contributed by atoms with Gasteiger partial charge in [0, 0.05) is 12.2 Å². The van der Waals surface area contributed by atoms with Gasteiger partial charge in [0.25, 0.3) is 11.8 Å². The molecule has 1 aliphatic heterocycles. The zero-order chi connectivity index (χ0) is 19.8. The van der Waals surface area contributed by atoms with Crippen LogP contribution < -0.4 is 20.3 Å². The molecule has 1 aliphatic rings. The number of rotatable bonds is 7. The zero-order valence-corrected chi connectivity index (χ0v) is 15.9. The van der Waals surface area contributed by atoms with Gasteiger partial charge in [-0.25, -0.2) is 0 Å². The number of ether oxygens (including phenoxy) is 3. The molecule has 3 rings (SSSR count). The van der Waals surface area contributed by atoms with E-state index in [0.29, 0.717) is 28.7 Å². The van der Waals surface area contributed by atoms with Gasteiger partial charge in [-0.15, -0.1) is 0 Å². The molecule has 0 aliphatic carbocycles. The summed E-state index contributed by atoms with van der Waals surface area (Å²) in [6.07, 6.45) is 2.19. The smallest absolute Gasteiger partial charge is 0.276 e. The Kier molecular flexibility index (Phi) is 7.11. The van der Waals surface area contributed by atoms with E-state index in [2.05, 4.69) is 10.9 Å². The van der Waals surface area contributed by atoms with Crippen LogP contribution in [0.5, 0.6) is 11.5 Å². The molecular weight excluding hydrogens is 384 g/mol. The van der Waals surface area contributed by atoms with Crippen LogP contribution in [0.3, 0.4) is 0 Å². The van der Waals surface area contributed by atoms with E-state index in [1.807, 2.05) is 0 Å². The maximum atomic E-state index is 12.1. The van der Waals surface area contributed by atoms with Crippen molar-refractivity contribution in [3.8, 4) is 11.5 Å². The van der Waals surface area contributed by atoms with Crippen molar-refractivity contribution in [3.05, 3.63) is 59.1 Å². The minimum absolute atomic E-state index is 0.131. The molecule has 1 heterocycles. The molecule has 2 amide bonds. The van der Waals surface area contributed by atoms with Gasteiger partial charge < -0.3 is 14.2 Å². The first-order valence-corrected chi connectivity index (χ1v) is 9.30. The van der Waals surface area contributed by atoms with Gasteiger partial charge in [-0.1, -0.05) is 23.7 Å². The van der Waals surface area contributed by atoms with Crippen LogP contribution in [0.1, 0.15) is 23.2 Å². The average Bonchev–Trinajstić information content (AvgIpc) is 3.24. The summed E-state index contributed by atoms with van der Waals surface area (Å²) in [4.78, 5) is 23.9. The molecule has 148 valence electrons. The third-order valence-corrected chi connectivity index (χ3v) is 4.40. The molecule has 28 heavy (non-hydrogen) atoms. The Balaban J connectivity index is 1.40. The van der Waals surface area contributed by atoms with Gasteiger partial charge in [0.2, 0.25) is 0 Å². The largest absolute Gasteiger partial charge is 0.491 e. The van der Waals surface area contributed by atoms with E-state index in [9.17, 15) is 9.59 Å². The second kappa shape index (κ2) is 9.96. The van der Waals surface area contributed by atoms with Crippen LogP contribution in [-0.2, 0) is 9.53 Å². The normalized spacial score (nSPS) is 15.7. The predicted octanol–water partition coefficient (Wildman–Crippen LogP) is 2.74. The van der Waals surface area contributed by atoms with Crippen molar-refractivity contribution >= 4 is 23.4 Å². The number of nitrogens with one attached hydrogen (secondary N) is 2. The van der Waals surface area contributed by atoms with E-state index in [1.165, 1.54) is 0 Å². The van der Waals surface area contributed by atoms with Crippen molar-refractivity contribution < 1.29 is 23.8 Å². The number of hydrogen-bond donors (Lipinski definition) is 2. The van der Waals surface area contributed by atoms with Crippen LogP contribution in [0.4, 0.5) is 0 Å². The number of carbonyl (C=O) groups is 2. The molecule has 2 aromatic rings. The molecule has 1 atom stereocenters. The monoisotopic (exact) mass is 404 g/mol. The number of para-hydroxylation sites is 1. The van der Waals surface area contributed by atoms with E-state index in [1.54, 1.807) is 48.5 Å². The fraction of sp³-hybridized carbons (Fsp3) is 0.300. The van der Waals surface area contributed by atoms with Crippen LogP contribution in [-0.4, -0.2) is 37.7 Å². The van der Waals surface area contributed by atoms with Crippen molar-refractivity contribution in [2.75, 3.05) is 19.8 Å². The summed E-state index contributed by atoms with van der Waals surface area (Å²) in [6, 6.07) is 13.4. The quantitative estimate of drug-likeness (QED) is 0.693. The Morgan fingerprint density at radius 3 is 2.57 bits per heavy atom. The van der Waals surface area contributed by atoms with Gasteiger partial charge in [-0.2, -0.15) is 0 Å². The highest BCUT2D eigenvalue weighted by atomic mass is 35.5. The van der Waals surface area contributed by atoms with Crippen molar-refractivity contribution in [2.24, 2.45) is 0 Å². The highest BCUT2D eigenvalue weighted by Crippen LogP contribution is 2.22. The molecule has 0 bridgehead atoms. The van der Waals surface area contributed by atoms with Crippen LogP contribution >= 0.6 is 11.6 Å². The molecule has 1 fully saturated rings. The summed E-state index contributed by atoms with van der Waals surface area (Å²) in [5, 5.41) is 0.404. The van der Waals surface area contributed by atoms with Crippen molar-refractivity contribution in [2.45, 2.75) is 18.9 Å². The van der Waals surface area contributed by atoms with E-state index >= 15 is 0 Å². The summed E-state index contributed by atoms with van der Waals surface area (Å²) in [6.45, 7) is 0.995. The Labute approximate surface area is 167 Å². The van der Waals surface area contributed by atoms with Crippen molar-refractivity contribution in [1.29, 1.82) is 0 Å². The molecule has 8 heteroatoms. The summed E-state index contributed by atoms with van der Waals surface area (Å²) >= 11 is 5.94. The van der Waals surface area contributed by atoms with E-state index in [-0.39, 0.29) is 12.7 Å². The SMILES string of the molecule is O=C(COc1ccccc1Cl)NNC(=O)c1ccc(OCC2CCCO2)cc1. The van der Waals surface area contributed by atoms with Crippen molar-refractivity contribution in [1.82, 2.24) is 10.9 Å². The second-order valence-corrected chi connectivity index (χ2v) is 6.60. The summed E-state index contributed by atoms with van der Waals surface area (Å²) < 4.78 is 16.5. The molecule has 1 saturated heterocycles. The Morgan fingerprint density at radius 1 is 1.07 bits per heavy atom. The van der Waals surface area contributed by atoms with E-state index < -0.39 is 11.8 Å². The molecule has 7 nitrogen and oxygen atoms in total. The number of hydrogen-bond acceptors (Lipinski definition) is 5. The summed E-state index contributed by atoms with van der Waals surface area (Å²) in [7, 11) is 0. The maximum Gasteiger partial charge on any atom is 0.276 e. The Hall–Kier alpha value is -2.77. The minimum Gasteiger partial charge on any atom is -0.491 e. The number of benzene rings is 2. The molecule has 2 aromatic carbocycles. The number of hydrazine groups is 1. The van der Waals surface area contributed by atoms with Gasteiger partial charge in [0.05, 0.1) is 11.1 Å². The average molecular weight is 405 g/mol. The molecule has 2 N–H and O–H groups in total. The van der Waals surface area contributed by atoms with Gasteiger partial charge in [0.1, 0.15) is 18.1 Å². The lowest BCUT2D eigenvalue weighted by Gasteiger charge is -2.12. The maximum absolute atomic E-state index is 12.1. The minimum atomic E-state index is -0.509. The van der Waals surface area contributed by atoms with Gasteiger partial charge in [-0.05, 0) is 49.2 Å². The van der Waals surface area contributed by atoms with Gasteiger partial charge >= 0.3 is 0 Å². The standard InChI is InChI=1S/C20H21ClN2O5/c21-17-5-1-2-6-18(17)28-13-19(24)22-23-20(25)14-7-9-15(10-8-14)27-12-16-4-3-11-26-16/h1-2,5-10,16H,3-4,11-13H2,(H,22,24)(H,23,25). The fourth-order valence-corrected chi connectivity index (χ4v) is 2.80. The molecule has 0 spiro atoms. The highest BCUT2D eigenvalue weighted by molar-refractivity contribution is 6.32. The molecule has 1 unspecified atom stereocenters.